The van der Waals surface area contributed by atoms with E-state index in [-0.39, 0.29) is 115 Å². The molecule has 10 rings (SSSR count). The highest BCUT2D eigenvalue weighted by Gasteiger charge is 2.43. The van der Waals surface area contributed by atoms with E-state index in [0.717, 1.165) is 114 Å². The first-order chi connectivity index (χ1) is 63.7. The lowest BCUT2D eigenvalue weighted by Gasteiger charge is -2.39. The molecule has 0 amide bonds. The van der Waals surface area contributed by atoms with Crippen LogP contribution in [0.25, 0.3) is 10.8 Å². The van der Waals surface area contributed by atoms with E-state index in [1.165, 1.54) is 123 Å². The molecule has 15 heteroatoms. The van der Waals surface area contributed by atoms with Crippen LogP contribution in [0, 0.1) is 44.8 Å². The zero-order chi connectivity index (χ0) is 105. The van der Waals surface area contributed by atoms with Crippen molar-refractivity contribution in [1.29, 1.82) is 0 Å². The summed E-state index contributed by atoms with van der Waals surface area (Å²) in [7, 11) is 0. The Morgan fingerprint density at radius 2 is 0.518 bits per heavy atom. The minimum atomic E-state index is -0.372. The number of carbonyl (C=O) groups excluding carboxylic acids is 5. The average molecular weight is 1970 g/mol. The van der Waals surface area contributed by atoms with Gasteiger partial charge in [0.05, 0.1) is 27.1 Å². The van der Waals surface area contributed by atoms with Crippen molar-refractivity contribution in [2.45, 2.75) is 522 Å². The Bertz CT molecular complexity index is 4110. The van der Waals surface area contributed by atoms with Gasteiger partial charge in [-0.25, -0.2) is 0 Å². The van der Waals surface area contributed by atoms with Crippen LogP contribution >= 0.6 is 0 Å². The number of esters is 5. The van der Waals surface area contributed by atoms with E-state index in [2.05, 4.69) is 136 Å². The third-order valence-electron chi connectivity index (χ3n) is 30.4. The van der Waals surface area contributed by atoms with Crippen molar-refractivity contribution in [3.05, 3.63) is 161 Å². The number of aromatic hydroxyl groups is 5. The quantitative estimate of drug-likeness (QED) is 0.0227. The predicted molar refractivity (Wildman–Crippen MR) is 603 cm³/mol. The van der Waals surface area contributed by atoms with E-state index in [1.807, 2.05) is 179 Å². The molecule has 0 saturated heterocycles. The van der Waals surface area contributed by atoms with Gasteiger partial charge in [0.25, 0.3) is 0 Å². The Labute approximate surface area is 865 Å². The van der Waals surface area contributed by atoms with E-state index < -0.39 is 0 Å². The minimum Gasteiger partial charge on any atom is -0.508 e. The second kappa shape index (κ2) is 66.9. The molecule has 5 atom stereocenters. The molecule has 4 aliphatic carbocycles. The van der Waals surface area contributed by atoms with Crippen molar-refractivity contribution in [3.8, 4) is 28.7 Å². The van der Waals surface area contributed by atoms with E-state index in [1.54, 1.807) is 60.7 Å². The van der Waals surface area contributed by atoms with Crippen molar-refractivity contribution in [2.75, 3.05) is 0 Å². The fourth-order valence-corrected chi connectivity index (χ4v) is 15.7. The number of carbonyl (C=O) groups is 5. The fourth-order valence-electron chi connectivity index (χ4n) is 15.7. The number of ether oxygens (including phenoxy) is 5. The number of phenolic OH excluding ortho intramolecular Hbond substituents is 5. The summed E-state index contributed by atoms with van der Waals surface area (Å²) in [5.74, 6) is 6.33. The highest BCUT2D eigenvalue weighted by atomic mass is 16.6. The number of benzene rings is 6. The molecule has 810 valence electrons. The summed E-state index contributed by atoms with van der Waals surface area (Å²) < 4.78 is 28.5. The number of fused-ring (bicyclic) bond motifs is 1. The Kier molecular flexibility index (Phi) is 66.0. The monoisotopic (exact) mass is 1970 g/mol. The fraction of sp³-hybridized carbons (Fsp3) is 0.690. The van der Waals surface area contributed by atoms with Crippen molar-refractivity contribution >= 4 is 40.6 Å². The van der Waals surface area contributed by atoms with Gasteiger partial charge in [-0.2, -0.15) is 0 Å². The summed E-state index contributed by atoms with van der Waals surface area (Å²) >= 11 is 0. The average Bonchev–Trinajstić information content (AvgIpc) is 1.82. The van der Waals surface area contributed by atoms with Gasteiger partial charge < -0.3 is 49.2 Å². The third kappa shape index (κ3) is 51.0. The summed E-state index contributed by atoms with van der Waals surface area (Å²) in [6.45, 7) is 72.1. The second-order valence-corrected chi connectivity index (χ2v) is 45.3. The van der Waals surface area contributed by atoms with Crippen molar-refractivity contribution in [1.82, 2.24) is 0 Å². The van der Waals surface area contributed by atoms with Gasteiger partial charge >= 0.3 is 29.8 Å². The van der Waals surface area contributed by atoms with Crippen LogP contribution in [-0.2, 0) is 47.7 Å². The van der Waals surface area contributed by atoms with Crippen LogP contribution in [-0.4, -0.2) is 83.4 Å². The molecule has 4 saturated carbocycles. The topological polar surface area (TPSA) is 233 Å². The maximum Gasteiger partial charge on any atom is 0.312 e. The van der Waals surface area contributed by atoms with E-state index >= 15 is 0 Å². The van der Waals surface area contributed by atoms with Gasteiger partial charge in [0.1, 0.15) is 56.8 Å². The maximum atomic E-state index is 12.2. The van der Waals surface area contributed by atoms with Crippen LogP contribution < -0.4 is 0 Å². The Hall–Kier alpha value is -8.07. The Morgan fingerprint density at radius 1 is 0.291 bits per heavy atom. The molecule has 0 heterocycles. The molecule has 0 bridgehead atoms. The lowest BCUT2D eigenvalue weighted by atomic mass is 9.75. The minimum absolute atomic E-state index is 0. The van der Waals surface area contributed by atoms with Crippen molar-refractivity contribution < 1.29 is 73.2 Å². The lowest BCUT2D eigenvalue weighted by Crippen LogP contribution is -2.42. The highest BCUT2D eigenvalue weighted by Crippen LogP contribution is 2.43. The molecule has 0 aliphatic heterocycles. The maximum absolute atomic E-state index is 12.2. The normalized spacial score (nSPS) is 16.6. The van der Waals surface area contributed by atoms with Crippen LogP contribution in [0.4, 0.5) is 0 Å². The molecule has 6 aromatic rings. The van der Waals surface area contributed by atoms with Crippen molar-refractivity contribution in [3.63, 3.8) is 0 Å². The van der Waals surface area contributed by atoms with Crippen LogP contribution in [0.5, 0.6) is 28.7 Å². The first kappa shape index (κ1) is 139. The van der Waals surface area contributed by atoms with Crippen molar-refractivity contribution in [2.24, 2.45) is 44.8 Å². The number of hydrogen-bond acceptors (Lipinski definition) is 15. The SMILES string of the molecule is C.C.C.C.CCC(C)(C)C(=O)OC(C)(C)C.CCC(C)(C)C(=O)OC(C)(C)C1CCC(C)CC1.CCC(C)(C)C(=O)OC(C)(C)C1CCCCC1.CCC(C)c1ccc(O)cc1.CCC(C)c1ccc(O)cc1.CCC(C)c1ccc(O)cc1.CCC(C)c1ccc(O)cc1.CCC(C)c1ccc2cc(O)ccc2c1.CCC1(OC(=O)C(C)(C)CC)CCCC1.CCC1(OC(=O)C(C)(C)CC)CCCCC1. The molecule has 4 fully saturated rings. The summed E-state index contributed by atoms with van der Waals surface area (Å²) in [5, 5.41) is 47.7. The number of rotatable bonds is 28. The summed E-state index contributed by atoms with van der Waals surface area (Å²) in [4.78, 5) is 59.9. The Balaban J connectivity index is -0.000000741. The van der Waals surface area contributed by atoms with Gasteiger partial charge in [-0.15, -0.1) is 0 Å². The van der Waals surface area contributed by atoms with Gasteiger partial charge in [-0.1, -0.05) is 266 Å². The highest BCUT2D eigenvalue weighted by molar-refractivity contribution is 5.85. The molecule has 5 unspecified atom stereocenters. The molecule has 0 aromatic heterocycles. The van der Waals surface area contributed by atoms with Crippen LogP contribution in [0.15, 0.2) is 133 Å². The standard InChI is InChI=1S/C16H30O2.C15H28O2.C14H26O2.C14H16O.C13H24O2.C10H20O2.4C10H14O.4CH4/c1-7-15(3,4)14(17)18-16(5,6)13-10-8-12(2)9-11-13;1-6-14(2,3)13(16)17-15(4,5)12-10-8-7-9-11-12;1-5-13(3,4)12(15)16-14(6-2)10-8-7-9-11-14;1-3-10(2)11-4-5-13-9-14(15)7-6-12(13)8-11;1-5-12(3,4)11(14)15-13(6-2)9-7-8-10-13;1-7-10(5,6)8(11)12-9(2,3)4;4*1-3-8(2)9-4-6-10(11)7-5-9;;;;/h12-13H,7-11H2,1-6H3;12H,6-11H2,1-5H3;5-11H2,1-4H3;4-10,15H,3H2,1-2H3;5-10H2,1-4H3;7H2,1-6H3;4*4-8,11H,3H2,1-2H3;4*1H4. The molecule has 141 heavy (non-hydrogen) atoms. The van der Waals surface area contributed by atoms with Gasteiger partial charge in [-0.05, 0) is 418 Å². The molecule has 4 aliphatic rings. The molecule has 6 aromatic carbocycles. The van der Waals surface area contributed by atoms with Gasteiger partial charge in [0.2, 0.25) is 0 Å². The summed E-state index contributed by atoms with van der Waals surface area (Å²) in [6, 6.07) is 41.7. The smallest absolute Gasteiger partial charge is 0.312 e. The zero-order valence-electron chi connectivity index (χ0n) is 93.4. The van der Waals surface area contributed by atoms with E-state index in [4.69, 9.17) is 44.1 Å². The first-order valence-corrected chi connectivity index (χ1v) is 53.3. The number of phenols is 5. The van der Waals surface area contributed by atoms with E-state index in [9.17, 15) is 29.1 Å². The Morgan fingerprint density at radius 3 is 0.787 bits per heavy atom. The lowest BCUT2D eigenvalue weighted by molar-refractivity contribution is -0.175. The molecule has 0 radical (unpaired) electrons. The van der Waals surface area contributed by atoms with Gasteiger partial charge in [0.15, 0.2) is 0 Å². The molecular formula is C126H216O15. The number of hydrogen-bond donors (Lipinski definition) is 5. The molecular weight excluding hydrogens is 1750 g/mol. The zero-order valence-corrected chi connectivity index (χ0v) is 93.4. The van der Waals surface area contributed by atoms with Crippen LogP contribution in [0.3, 0.4) is 0 Å². The second-order valence-electron chi connectivity index (χ2n) is 45.3. The largest absolute Gasteiger partial charge is 0.508 e. The molecule has 5 N–H and O–H groups in total. The first-order valence-electron chi connectivity index (χ1n) is 53.3. The summed E-state index contributed by atoms with van der Waals surface area (Å²) in [5.41, 5.74) is 3.55. The van der Waals surface area contributed by atoms with Crippen LogP contribution in [0.2, 0.25) is 0 Å². The molecule has 15 nitrogen and oxygen atoms in total. The molecule has 0 spiro atoms. The predicted octanol–water partition coefficient (Wildman–Crippen LogP) is 37.7. The van der Waals surface area contributed by atoms with Crippen LogP contribution in [0.1, 0.15) is 522 Å². The third-order valence-corrected chi connectivity index (χ3v) is 30.4. The van der Waals surface area contributed by atoms with E-state index in [0.29, 0.717) is 70.2 Å². The van der Waals surface area contributed by atoms with Gasteiger partial charge in [-0.3, -0.25) is 24.0 Å². The van der Waals surface area contributed by atoms with Gasteiger partial charge in [0, 0.05) is 0 Å². The summed E-state index contributed by atoms with van der Waals surface area (Å²) in [6.07, 6.45) is 33.3.